The number of ether oxygens (including phenoxy) is 1. The number of hydrogen-bond acceptors (Lipinski definition) is 6. The summed E-state index contributed by atoms with van der Waals surface area (Å²) in [5, 5.41) is 19.0. The number of carbonyl (C=O) groups excluding carboxylic acids is 1. The monoisotopic (exact) mass is 683 g/mol. The molecule has 2 aromatic heterocycles. The number of fused-ring (bicyclic) bond motifs is 1. The fourth-order valence-corrected chi connectivity index (χ4v) is 7.80. The summed E-state index contributed by atoms with van der Waals surface area (Å²) < 4.78 is 7.00. The quantitative estimate of drug-likeness (QED) is 0.142. The number of benzene rings is 4. The van der Waals surface area contributed by atoms with Gasteiger partial charge in [-0.3, -0.25) is 4.79 Å². The molecular weight excluding hydrogens is 647 g/mol. The number of amides is 2. The van der Waals surface area contributed by atoms with Gasteiger partial charge in [0.25, 0.3) is 0 Å². The van der Waals surface area contributed by atoms with Crippen LogP contribution < -0.4 is 10.1 Å². The molecule has 6 aromatic rings. The molecule has 7 rings (SSSR count). The first-order chi connectivity index (χ1) is 24.4. The third-order valence-electron chi connectivity index (χ3n) is 9.44. The van der Waals surface area contributed by atoms with E-state index in [1.54, 1.807) is 6.20 Å². The summed E-state index contributed by atoms with van der Waals surface area (Å²) in [6.07, 6.45) is 2.98. The van der Waals surface area contributed by atoms with Crippen LogP contribution in [0.2, 0.25) is 0 Å². The van der Waals surface area contributed by atoms with Crippen molar-refractivity contribution in [3.8, 4) is 17.1 Å². The van der Waals surface area contributed by atoms with Crippen molar-refractivity contribution in [2.75, 3.05) is 31.3 Å². The molecule has 10 heteroatoms. The standard InChI is InChI=1S/C40H37N5O4S/c1-3-49-35-25-28(21-23-41-35)36-33-26-32(42-37(46)39(50-2)22-24-44(27-39)38(47)48)19-20-34(33)45(43-36)40(29-13-7-4-8-14-29,30-15-9-5-10-16-30)31-17-11-6-12-18-31/h4-21,23,25-26H,3,22,24,27H2,1-2H3,(H,42,46)(H,47,48). The zero-order valence-electron chi connectivity index (χ0n) is 27.8. The van der Waals surface area contributed by atoms with Crippen molar-refractivity contribution in [3.05, 3.63) is 144 Å². The lowest BCUT2D eigenvalue weighted by Crippen LogP contribution is -2.43. The van der Waals surface area contributed by atoms with Gasteiger partial charge in [-0.05, 0) is 60.6 Å². The van der Waals surface area contributed by atoms with Gasteiger partial charge in [-0.2, -0.15) is 5.10 Å². The fraction of sp³-hybridized carbons (Fsp3) is 0.200. The first-order valence-electron chi connectivity index (χ1n) is 16.5. The van der Waals surface area contributed by atoms with Gasteiger partial charge in [0.15, 0.2) is 0 Å². The molecule has 0 saturated carbocycles. The first kappa shape index (κ1) is 32.9. The number of likely N-dealkylation sites (tertiary alicyclic amines) is 1. The van der Waals surface area contributed by atoms with E-state index in [2.05, 4.69) is 51.4 Å². The normalized spacial score (nSPS) is 16.0. The van der Waals surface area contributed by atoms with Crippen LogP contribution in [0.5, 0.6) is 5.88 Å². The fourth-order valence-electron chi connectivity index (χ4n) is 6.99. The van der Waals surface area contributed by atoms with Gasteiger partial charge in [0, 0.05) is 42.0 Å². The predicted molar refractivity (Wildman–Crippen MR) is 198 cm³/mol. The Labute approximate surface area is 294 Å². The smallest absolute Gasteiger partial charge is 0.407 e. The van der Waals surface area contributed by atoms with E-state index < -0.39 is 16.4 Å². The zero-order valence-corrected chi connectivity index (χ0v) is 28.6. The molecule has 252 valence electrons. The van der Waals surface area contributed by atoms with Gasteiger partial charge in [0.05, 0.1) is 12.1 Å². The molecule has 1 fully saturated rings. The maximum Gasteiger partial charge on any atom is 0.407 e. The highest BCUT2D eigenvalue weighted by Crippen LogP contribution is 2.45. The molecule has 2 amide bonds. The van der Waals surface area contributed by atoms with Crippen molar-refractivity contribution in [1.82, 2.24) is 19.7 Å². The average molecular weight is 684 g/mol. The number of carboxylic acid groups (broad SMARTS) is 1. The van der Waals surface area contributed by atoms with E-state index in [1.807, 2.05) is 98.1 Å². The molecule has 0 bridgehead atoms. The van der Waals surface area contributed by atoms with E-state index in [1.165, 1.54) is 16.7 Å². The van der Waals surface area contributed by atoms with Crippen LogP contribution in [-0.2, 0) is 10.3 Å². The van der Waals surface area contributed by atoms with E-state index >= 15 is 0 Å². The molecule has 1 unspecified atom stereocenters. The lowest BCUT2D eigenvalue weighted by molar-refractivity contribution is -0.118. The topological polar surface area (TPSA) is 110 Å². The summed E-state index contributed by atoms with van der Waals surface area (Å²) in [6, 6.07) is 40.7. The van der Waals surface area contributed by atoms with E-state index in [4.69, 9.17) is 9.84 Å². The minimum atomic E-state index is -1.02. The Morgan fingerprint density at radius 3 is 2.06 bits per heavy atom. The van der Waals surface area contributed by atoms with Crippen molar-refractivity contribution < 1.29 is 19.4 Å². The van der Waals surface area contributed by atoms with Crippen LogP contribution in [-0.4, -0.2) is 67.5 Å². The molecule has 1 aliphatic rings. The van der Waals surface area contributed by atoms with Crippen LogP contribution in [0.15, 0.2) is 128 Å². The Bertz CT molecular complexity index is 2050. The second kappa shape index (κ2) is 13.7. The van der Waals surface area contributed by atoms with Gasteiger partial charge in [0.2, 0.25) is 11.8 Å². The van der Waals surface area contributed by atoms with Crippen LogP contribution in [0.25, 0.3) is 22.2 Å². The Hall–Kier alpha value is -5.61. The lowest BCUT2D eigenvalue weighted by Gasteiger charge is -2.37. The average Bonchev–Trinajstić information content (AvgIpc) is 3.78. The van der Waals surface area contributed by atoms with Crippen LogP contribution in [0, 0.1) is 0 Å². The highest BCUT2D eigenvalue weighted by Gasteiger charge is 2.46. The van der Waals surface area contributed by atoms with Gasteiger partial charge in [0.1, 0.15) is 16.0 Å². The molecule has 0 spiro atoms. The maximum absolute atomic E-state index is 13.9. The van der Waals surface area contributed by atoms with Gasteiger partial charge >= 0.3 is 6.09 Å². The van der Waals surface area contributed by atoms with Crippen LogP contribution in [0.3, 0.4) is 0 Å². The van der Waals surface area contributed by atoms with Gasteiger partial charge in [-0.25, -0.2) is 14.5 Å². The summed E-state index contributed by atoms with van der Waals surface area (Å²) >= 11 is 1.38. The zero-order chi connectivity index (χ0) is 34.7. The number of nitrogens with one attached hydrogen (secondary N) is 1. The summed E-state index contributed by atoms with van der Waals surface area (Å²) in [7, 11) is 0. The molecule has 0 aliphatic carbocycles. The minimum absolute atomic E-state index is 0.131. The number of rotatable bonds is 10. The van der Waals surface area contributed by atoms with Gasteiger partial charge < -0.3 is 20.1 Å². The van der Waals surface area contributed by atoms with Crippen LogP contribution in [0.1, 0.15) is 30.0 Å². The highest BCUT2D eigenvalue weighted by atomic mass is 32.2. The molecule has 4 aromatic carbocycles. The number of nitrogens with zero attached hydrogens (tertiary/aromatic N) is 4. The number of pyridine rings is 1. The van der Waals surface area contributed by atoms with E-state index in [-0.39, 0.29) is 12.5 Å². The molecule has 1 saturated heterocycles. The third-order valence-corrected chi connectivity index (χ3v) is 10.7. The van der Waals surface area contributed by atoms with E-state index in [9.17, 15) is 14.7 Å². The molecule has 3 heterocycles. The number of aromatic nitrogens is 3. The molecule has 1 atom stereocenters. The lowest BCUT2D eigenvalue weighted by atomic mass is 9.77. The molecule has 9 nitrogen and oxygen atoms in total. The van der Waals surface area contributed by atoms with Crippen molar-refractivity contribution in [3.63, 3.8) is 0 Å². The molecular formula is C40H37N5O4S. The number of carbonyl (C=O) groups is 2. The first-order valence-corrected chi connectivity index (χ1v) is 17.8. The number of anilines is 1. The van der Waals surface area contributed by atoms with Crippen LogP contribution >= 0.6 is 11.8 Å². The maximum atomic E-state index is 13.9. The number of thioether (sulfide) groups is 1. The molecule has 0 radical (unpaired) electrons. The number of hydrogen-bond donors (Lipinski definition) is 2. The summed E-state index contributed by atoms with van der Waals surface area (Å²) in [5.41, 5.74) is 5.16. The summed E-state index contributed by atoms with van der Waals surface area (Å²) in [4.78, 5) is 31.3. The van der Waals surface area contributed by atoms with Gasteiger partial charge in [-0.15, -0.1) is 11.8 Å². The van der Waals surface area contributed by atoms with Crippen molar-refractivity contribution >= 4 is 40.4 Å². The Morgan fingerprint density at radius 2 is 1.52 bits per heavy atom. The van der Waals surface area contributed by atoms with E-state index in [0.717, 1.165) is 33.2 Å². The third kappa shape index (κ3) is 5.75. The van der Waals surface area contributed by atoms with Crippen molar-refractivity contribution in [2.24, 2.45) is 0 Å². The van der Waals surface area contributed by atoms with E-state index in [0.29, 0.717) is 36.8 Å². The molecule has 2 N–H and O–H groups in total. The highest BCUT2D eigenvalue weighted by molar-refractivity contribution is 8.00. The Morgan fingerprint density at radius 1 is 0.900 bits per heavy atom. The SMILES string of the molecule is CCOc1cc(-c2nn(C(c3ccccc3)(c3ccccc3)c3ccccc3)c3ccc(NC(=O)C4(SC)CCN(C(=O)O)C4)cc23)ccn1. The summed E-state index contributed by atoms with van der Waals surface area (Å²) in [6.45, 7) is 2.83. The second-order valence-electron chi connectivity index (χ2n) is 12.2. The second-order valence-corrected chi connectivity index (χ2v) is 13.4. The predicted octanol–water partition coefficient (Wildman–Crippen LogP) is 7.76. The summed E-state index contributed by atoms with van der Waals surface area (Å²) in [5.74, 6) is 0.264. The molecule has 50 heavy (non-hydrogen) atoms. The Kier molecular flexibility index (Phi) is 9.03. The minimum Gasteiger partial charge on any atom is -0.478 e. The van der Waals surface area contributed by atoms with Crippen LogP contribution in [0.4, 0.5) is 10.5 Å². The Balaban J connectivity index is 1.47. The largest absolute Gasteiger partial charge is 0.478 e. The van der Waals surface area contributed by atoms with Gasteiger partial charge in [-0.1, -0.05) is 91.0 Å². The molecule has 1 aliphatic heterocycles. The van der Waals surface area contributed by atoms with Crippen molar-refractivity contribution in [2.45, 2.75) is 23.6 Å². The van der Waals surface area contributed by atoms with Crippen molar-refractivity contribution in [1.29, 1.82) is 0 Å².